The SMILES string of the molecule is CCc1nc(Nc2cccc(Cl)c2)c2nc(N[C@@H](CO)C(C)C)n(C)c2n1. The lowest BCUT2D eigenvalue weighted by Gasteiger charge is -2.20. The van der Waals surface area contributed by atoms with Gasteiger partial charge in [-0.3, -0.25) is 4.57 Å². The van der Waals surface area contributed by atoms with E-state index in [4.69, 9.17) is 16.6 Å². The van der Waals surface area contributed by atoms with Crippen LogP contribution in [0.15, 0.2) is 24.3 Å². The van der Waals surface area contributed by atoms with Gasteiger partial charge in [-0.25, -0.2) is 15.0 Å². The van der Waals surface area contributed by atoms with Crippen molar-refractivity contribution in [2.45, 2.75) is 33.2 Å². The number of nitrogens with zero attached hydrogens (tertiary/aromatic N) is 4. The van der Waals surface area contributed by atoms with Crippen LogP contribution in [0.2, 0.25) is 5.02 Å². The summed E-state index contributed by atoms with van der Waals surface area (Å²) in [5.41, 5.74) is 2.23. The van der Waals surface area contributed by atoms with Crippen molar-refractivity contribution in [2.75, 3.05) is 17.2 Å². The molecule has 8 heteroatoms. The van der Waals surface area contributed by atoms with Gasteiger partial charge in [-0.2, -0.15) is 0 Å². The largest absolute Gasteiger partial charge is 0.394 e. The van der Waals surface area contributed by atoms with Gasteiger partial charge in [0, 0.05) is 24.2 Å². The number of rotatable bonds is 7. The third kappa shape index (κ3) is 4.14. The molecule has 0 bridgehead atoms. The van der Waals surface area contributed by atoms with Crippen molar-refractivity contribution < 1.29 is 5.11 Å². The highest BCUT2D eigenvalue weighted by atomic mass is 35.5. The van der Waals surface area contributed by atoms with Crippen LogP contribution in [-0.2, 0) is 13.5 Å². The molecule has 1 aromatic carbocycles. The lowest BCUT2D eigenvalue weighted by atomic mass is 10.1. The number of benzene rings is 1. The third-order valence-corrected chi connectivity index (χ3v) is 4.72. The molecule has 3 aromatic rings. The summed E-state index contributed by atoms with van der Waals surface area (Å²) in [5.74, 6) is 2.27. The topological polar surface area (TPSA) is 87.9 Å². The molecule has 0 fully saturated rings. The molecule has 0 aliphatic carbocycles. The Morgan fingerprint density at radius 2 is 2.00 bits per heavy atom. The maximum Gasteiger partial charge on any atom is 0.205 e. The lowest BCUT2D eigenvalue weighted by Crippen LogP contribution is -2.30. The van der Waals surface area contributed by atoms with E-state index in [0.29, 0.717) is 28.7 Å². The second kappa shape index (κ2) is 8.10. The van der Waals surface area contributed by atoms with E-state index in [1.165, 1.54) is 0 Å². The molecular weight excluding hydrogens is 364 g/mol. The minimum absolute atomic E-state index is 0.0282. The molecule has 0 saturated carbocycles. The first-order chi connectivity index (χ1) is 12.9. The maximum absolute atomic E-state index is 9.63. The summed E-state index contributed by atoms with van der Waals surface area (Å²) >= 11 is 6.09. The summed E-state index contributed by atoms with van der Waals surface area (Å²) in [6, 6.07) is 7.37. The van der Waals surface area contributed by atoms with Crippen LogP contribution in [0.1, 0.15) is 26.6 Å². The zero-order valence-corrected chi connectivity index (χ0v) is 16.7. The molecule has 2 aromatic heterocycles. The van der Waals surface area contributed by atoms with E-state index in [0.717, 1.165) is 17.2 Å². The minimum atomic E-state index is -0.0940. The number of aryl methyl sites for hydroxylation is 2. The van der Waals surface area contributed by atoms with E-state index < -0.39 is 0 Å². The second-order valence-corrected chi connectivity index (χ2v) is 7.26. The van der Waals surface area contributed by atoms with Gasteiger partial charge in [-0.05, 0) is 24.1 Å². The summed E-state index contributed by atoms with van der Waals surface area (Å²) in [6.07, 6.45) is 0.708. The first kappa shape index (κ1) is 19.4. The first-order valence-electron chi connectivity index (χ1n) is 9.06. The van der Waals surface area contributed by atoms with Crippen molar-refractivity contribution in [3.8, 4) is 0 Å². The third-order valence-electron chi connectivity index (χ3n) is 4.48. The van der Waals surface area contributed by atoms with Gasteiger partial charge in [-0.1, -0.05) is 38.4 Å². The Kier molecular flexibility index (Phi) is 5.82. The summed E-state index contributed by atoms with van der Waals surface area (Å²) < 4.78 is 1.89. The molecule has 1 atom stereocenters. The molecule has 0 spiro atoms. The van der Waals surface area contributed by atoms with Crippen LogP contribution in [-0.4, -0.2) is 37.3 Å². The number of hydrogen-bond acceptors (Lipinski definition) is 6. The van der Waals surface area contributed by atoms with Crippen molar-refractivity contribution in [1.29, 1.82) is 0 Å². The Labute approximate surface area is 163 Å². The fourth-order valence-electron chi connectivity index (χ4n) is 2.77. The van der Waals surface area contributed by atoms with Crippen LogP contribution < -0.4 is 10.6 Å². The molecule has 0 saturated heterocycles. The molecule has 144 valence electrons. The number of anilines is 3. The van der Waals surface area contributed by atoms with Crippen LogP contribution in [0.25, 0.3) is 11.2 Å². The van der Waals surface area contributed by atoms with E-state index in [2.05, 4.69) is 34.4 Å². The predicted octanol–water partition coefficient (Wildman–Crippen LogP) is 3.75. The van der Waals surface area contributed by atoms with Crippen LogP contribution in [0.5, 0.6) is 0 Å². The summed E-state index contributed by atoms with van der Waals surface area (Å²) in [4.78, 5) is 13.9. The van der Waals surface area contributed by atoms with Gasteiger partial charge < -0.3 is 15.7 Å². The number of aliphatic hydroxyl groups is 1. The van der Waals surface area contributed by atoms with Crippen LogP contribution in [0.3, 0.4) is 0 Å². The number of aliphatic hydroxyl groups excluding tert-OH is 1. The normalized spacial score (nSPS) is 12.6. The standard InChI is InChI=1S/C19H25ClN6O/c1-5-15-23-17(21-13-8-6-7-12(20)9-13)16-18(24-15)26(4)19(25-16)22-14(10-27)11(2)3/h6-9,11,14,27H,5,10H2,1-4H3,(H,22,25)(H,21,23,24)/t14-/m0/s1. The molecule has 0 radical (unpaired) electrons. The zero-order valence-electron chi connectivity index (χ0n) is 16.0. The van der Waals surface area contributed by atoms with Crippen LogP contribution >= 0.6 is 11.6 Å². The Morgan fingerprint density at radius 3 is 2.63 bits per heavy atom. The number of imidazole rings is 1. The van der Waals surface area contributed by atoms with Crippen molar-refractivity contribution >= 4 is 40.2 Å². The second-order valence-electron chi connectivity index (χ2n) is 6.82. The fourth-order valence-corrected chi connectivity index (χ4v) is 2.96. The van der Waals surface area contributed by atoms with Crippen molar-refractivity contribution in [3.63, 3.8) is 0 Å². The van der Waals surface area contributed by atoms with Crippen molar-refractivity contribution in [2.24, 2.45) is 13.0 Å². The Hall–Kier alpha value is -2.38. The number of nitrogens with one attached hydrogen (secondary N) is 2. The molecular formula is C19H25ClN6O. The highest BCUT2D eigenvalue weighted by Crippen LogP contribution is 2.27. The number of fused-ring (bicyclic) bond motifs is 1. The molecule has 7 nitrogen and oxygen atoms in total. The molecule has 0 unspecified atom stereocenters. The van der Waals surface area contributed by atoms with Gasteiger partial charge in [0.2, 0.25) is 5.95 Å². The van der Waals surface area contributed by atoms with Gasteiger partial charge in [0.05, 0.1) is 12.6 Å². The van der Waals surface area contributed by atoms with Gasteiger partial charge in [0.15, 0.2) is 17.0 Å². The van der Waals surface area contributed by atoms with E-state index >= 15 is 0 Å². The zero-order chi connectivity index (χ0) is 19.6. The van der Waals surface area contributed by atoms with Gasteiger partial charge in [0.25, 0.3) is 0 Å². The molecule has 3 N–H and O–H groups in total. The number of halogens is 1. The first-order valence-corrected chi connectivity index (χ1v) is 9.44. The van der Waals surface area contributed by atoms with E-state index in [1.807, 2.05) is 42.8 Å². The van der Waals surface area contributed by atoms with E-state index in [-0.39, 0.29) is 18.6 Å². The highest BCUT2D eigenvalue weighted by molar-refractivity contribution is 6.30. The average molecular weight is 389 g/mol. The number of aromatic nitrogens is 4. The fraction of sp³-hybridized carbons (Fsp3) is 0.421. The average Bonchev–Trinajstić information content (AvgIpc) is 2.95. The molecule has 2 heterocycles. The van der Waals surface area contributed by atoms with E-state index in [1.54, 1.807) is 0 Å². The Bertz CT molecular complexity index is 939. The van der Waals surface area contributed by atoms with Gasteiger partial charge >= 0.3 is 0 Å². The smallest absolute Gasteiger partial charge is 0.205 e. The summed E-state index contributed by atoms with van der Waals surface area (Å²) in [6.45, 7) is 6.15. The molecule has 0 amide bonds. The monoisotopic (exact) mass is 388 g/mol. The summed E-state index contributed by atoms with van der Waals surface area (Å²) in [7, 11) is 1.90. The molecule has 0 aliphatic rings. The van der Waals surface area contributed by atoms with Gasteiger partial charge in [-0.15, -0.1) is 0 Å². The number of hydrogen-bond donors (Lipinski definition) is 3. The van der Waals surface area contributed by atoms with Crippen LogP contribution in [0, 0.1) is 5.92 Å². The lowest BCUT2D eigenvalue weighted by molar-refractivity contribution is 0.248. The minimum Gasteiger partial charge on any atom is -0.394 e. The van der Waals surface area contributed by atoms with Gasteiger partial charge in [0.1, 0.15) is 5.82 Å². The quantitative estimate of drug-likeness (QED) is 0.571. The highest BCUT2D eigenvalue weighted by Gasteiger charge is 2.19. The Balaban J connectivity index is 2.06. The predicted molar refractivity (Wildman–Crippen MR) is 110 cm³/mol. The van der Waals surface area contributed by atoms with Crippen LogP contribution in [0.4, 0.5) is 17.5 Å². The Morgan fingerprint density at radius 1 is 1.22 bits per heavy atom. The molecule has 27 heavy (non-hydrogen) atoms. The summed E-state index contributed by atoms with van der Waals surface area (Å²) in [5, 5.41) is 16.9. The van der Waals surface area contributed by atoms with Crippen molar-refractivity contribution in [3.05, 3.63) is 35.1 Å². The van der Waals surface area contributed by atoms with Crippen molar-refractivity contribution in [1.82, 2.24) is 19.5 Å². The van der Waals surface area contributed by atoms with E-state index in [9.17, 15) is 5.11 Å². The molecule has 0 aliphatic heterocycles. The maximum atomic E-state index is 9.63. The molecule has 3 rings (SSSR count).